The normalized spacial score (nSPS) is 17.6. The van der Waals surface area contributed by atoms with Gasteiger partial charge in [0.1, 0.15) is 6.61 Å². The van der Waals surface area contributed by atoms with Crippen molar-refractivity contribution in [3.05, 3.63) is 29.8 Å². The van der Waals surface area contributed by atoms with Gasteiger partial charge < -0.3 is 4.74 Å². The van der Waals surface area contributed by atoms with E-state index in [1.807, 2.05) is 12.1 Å². The summed E-state index contributed by atoms with van der Waals surface area (Å²) in [5.41, 5.74) is 1.14. The van der Waals surface area contributed by atoms with Crippen LogP contribution in [0.3, 0.4) is 0 Å². The van der Waals surface area contributed by atoms with Crippen LogP contribution in [0.4, 0.5) is 0 Å². The summed E-state index contributed by atoms with van der Waals surface area (Å²) in [7, 11) is -3.41. The summed E-state index contributed by atoms with van der Waals surface area (Å²) in [5, 5.41) is 0. The minimum absolute atomic E-state index is 0.0129. The molecule has 0 amide bonds. The maximum atomic E-state index is 12.8. The van der Waals surface area contributed by atoms with Crippen molar-refractivity contribution in [1.29, 1.82) is 0 Å². The van der Waals surface area contributed by atoms with Crippen molar-refractivity contribution in [3.8, 4) is 12.3 Å². The average molecular weight is 349 g/mol. The monoisotopic (exact) mass is 349 g/mol. The fourth-order valence-electron chi connectivity index (χ4n) is 2.88. The molecule has 1 aromatic carbocycles. The Balaban J connectivity index is 2.00. The molecule has 0 radical (unpaired) electrons. The molecule has 0 atom stereocenters. The lowest BCUT2D eigenvalue weighted by atomic mass is 9.87. The fraction of sp³-hybridized carbons (Fsp3) is 0.579. The van der Waals surface area contributed by atoms with Gasteiger partial charge in [0.25, 0.3) is 0 Å². The van der Waals surface area contributed by atoms with Gasteiger partial charge in [0.15, 0.2) is 0 Å². The van der Waals surface area contributed by atoms with Crippen LogP contribution in [0, 0.1) is 18.3 Å². The molecule has 1 aliphatic rings. The Bertz CT molecular complexity index is 673. The third-order valence-electron chi connectivity index (χ3n) is 4.47. The zero-order valence-corrected chi connectivity index (χ0v) is 15.6. The predicted molar refractivity (Wildman–Crippen MR) is 96.3 cm³/mol. The number of terminal acetylenes is 1. The first-order valence-corrected chi connectivity index (χ1v) is 9.81. The molecule has 0 aliphatic carbocycles. The Kier molecular flexibility index (Phi) is 6.08. The summed E-state index contributed by atoms with van der Waals surface area (Å²) in [4.78, 5) is 0.373. The molecule has 1 saturated heterocycles. The summed E-state index contributed by atoms with van der Waals surface area (Å²) in [5.74, 6) is 2.83. The summed E-state index contributed by atoms with van der Waals surface area (Å²) in [6.45, 7) is 8.34. The van der Waals surface area contributed by atoms with Crippen molar-refractivity contribution in [2.75, 3.05) is 26.3 Å². The van der Waals surface area contributed by atoms with Crippen molar-refractivity contribution < 1.29 is 13.2 Å². The first-order valence-electron chi connectivity index (χ1n) is 8.37. The fourth-order valence-corrected chi connectivity index (χ4v) is 4.35. The van der Waals surface area contributed by atoms with Crippen molar-refractivity contribution in [2.45, 2.75) is 43.9 Å². The Hall–Kier alpha value is -1.35. The molecule has 1 fully saturated rings. The van der Waals surface area contributed by atoms with E-state index in [0.717, 1.165) is 18.4 Å². The van der Waals surface area contributed by atoms with E-state index in [1.165, 1.54) is 0 Å². The first-order chi connectivity index (χ1) is 11.2. The van der Waals surface area contributed by atoms with Crippen LogP contribution in [0.1, 0.15) is 39.2 Å². The lowest BCUT2D eigenvalue weighted by Crippen LogP contribution is -2.39. The molecule has 5 heteroatoms. The molecule has 0 unspecified atom stereocenters. The highest BCUT2D eigenvalue weighted by molar-refractivity contribution is 7.89. The van der Waals surface area contributed by atoms with Crippen LogP contribution < -0.4 is 0 Å². The molecule has 0 saturated carbocycles. The minimum Gasteiger partial charge on any atom is -0.369 e. The van der Waals surface area contributed by atoms with Crippen LogP contribution in [0.2, 0.25) is 0 Å². The van der Waals surface area contributed by atoms with Crippen LogP contribution in [0.25, 0.3) is 0 Å². The largest absolute Gasteiger partial charge is 0.369 e. The van der Waals surface area contributed by atoms with E-state index in [2.05, 4.69) is 26.7 Å². The van der Waals surface area contributed by atoms with E-state index < -0.39 is 10.0 Å². The molecule has 4 nitrogen and oxygen atoms in total. The van der Waals surface area contributed by atoms with Crippen molar-refractivity contribution in [2.24, 2.45) is 5.92 Å². The molecule has 0 bridgehead atoms. The number of hydrogen-bond acceptors (Lipinski definition) is 3. The van der Waals surface area contributed by atoms with Gasteiger partial charge in [-0.05, 0) is 41.9 Å². The van der Waals surface area contributed by atoms with Gasteiger partial charge in [0, 0.05) is 13.1 Å². The molecule has 1 heterocycles. The van der Waals surface area contributed by atoms with E-state index in [-0.39, 0.29) is 5.41 Å². The second-order valence-electron chi connectivity index (χ2n) is 7.34. The molecular formula is C19H27NO3S. The van der Waals surface area contributed by atoms with Crippen molar-refractivity contribution in [1.82, 2.24) is 4.31 Å². The smallest absolute Gasteiger partial charge is 0.243 e. The Morgan fingerprint density at radius 2 is 1.79 bits per heavy atom. The quantitative estimate of drug-likeness (QED) is 0.606. The summed E-state index contributed by atoms with van der Waals surface area (Å²) in [6, 6.07) is 7.26. The van der Waals surface area contributed by atoms with Crippen molar-refractivity contribution in [3.63, 3.8) is 0 Å². The maximum absolute atomic E-state index is 12.8. The number of sulfonamides is 1. The topological polar surface area (TPSA) is 46.6 Å². The Morgan fingerprint density at radius 1 is 1.21 bits per heavy atom. The molecule has 2 rings (SSSR count). The van der Waals surface area contributed by atoms with Gasteiger partial charge >= 0.3 is 0 Å². The molecule has 24 heavy (non-hydrogen) atoms. The first kappa shape index (κ1) is 19.0. The lowest BCUT2D eigenvalue weighted by molar-refractivity contribution is 0.101. The molecule has 0 spiro atoms. The summed E-state index contributed by atoms with van der Waals surface area (Å²) in [6.07, 6.45) is 6.78. The van der Waals surface area contributed by atoms with E-state index in [9.17, 15) is 8.42 Å². The van der Waals surface area contributed by atoms with E-state index in [1.54, 1.807) is 16.4 Å². The summed E-state index contributed by atoms with van der Waals surface area (Å²) < 4.78 is 32.5. The second-order valence-corrected chi connectivity index (χ2v) is 9.28. The van der Waals surface area contributed by atoms with Gasteiger partial charge in [-0.15, -0.1) is 6.42 Å². The number of nitrogens with zero attached hydrogens (tertiary/aromatic N) is 1. The van der Waals surface area contributed by atoms with E-state index in [0.29, 0.717) is 37.1 Å². The molecule has 1 aliphatic heterocycles. The van der Waals surface area contributed by atoms with Crippen molar-refractivity contribution >= 4 is 10.0 Å². The number of benzene rings is 1. The minimum atomic E-state index is -3.41. The van der Waals surface area contributed by atoms with Gasteiger partial charge in [-0.3, -0.25) is 0 Å². The number of ether oxygens (including phenoxy) is 1. The van der Waals surface area contributed by atoms with Gasteiger partial charge in [-0.25, -0.2) is 8.42 Å². The highest BCUT2D eigenvalue weighted by Gasteiger charge is 2.29. The SMILES string of the molecule is C#CCOCC1CCN(S(=O)(=O)c2ccc(C(C)(C)C)cc2)CC1. The molecule has 0 aromatic heterocycles. The Morgan fingerprint density at radius 3 is 2.29 bits per heavy atom. The predicted octanol–water partition coefficient (Wildman–Crippen LogP) is 3.03. The third-order valence-corrected chi connectivity index (χ3v) is 6.38. The molecular weight excluding hydrogens is 322 g/mol. The molecule has 132 valence electrons. The molecule has 1 aromatic rings. The second kappa shape index (κ2) is 7.69. The number of rotatable bonds is 5. The third kappa shape index (κ3) is 4.60. The number of piperidine rings is 1. The zero-order valence-electron chi connectivity index (χ0n) is 14.8. The van der Waals surface area contributed by atoms with Crippen LogP contribution >= 0.6 is 0 Å². The number of hydrogen-bond donors (Lipinski definition) is 0. The summed E-state index contributed by atoms with van der Waals surface area (Å²) >= 11 is 0. The van der Waals surface area contributed by atoms with Gasteiger partial charge in [0.2, 0.25) is 10.0 Å². The van der Waals surface area contributed by atoms with Gasteiger partial charge in [-0.2, -0.15) is 4.31 Å². The van der Waals surface area contributed by atoms with E-state index in [4.69, 9.17) is 11.2 Å². The van der Waals surface area contributed by atoms with Crippen LogP contribution in [0.15, 0.2) is 29.2 Å². The highest BCUT2D eigenvalue weighted by Crippen LogP contribution is 2.27. The maximum Gasteiger partial charge on any atom is 0.243 e. The standard InChI is InChI=1S/C19H27NO3S/c1-5-14-23-15-16-10-12-20(13-11-16)24(21,22)18-8-6-17(7-9-18)19(2,3)4/h1,6-9,16H,10-15H2,2-4H3. The lowest BCUT2D eigenvalue weighted by Gasteiger charge is -2.31. The highest BCUT2D eigenvalue weighted by atomic mass is 32.2. The molecule has 0 N–H and O–H groups in total. The Labute approximate surface area is 146 Å². The van der Waals surface area contributed by atoms with Crippen LogP contribution in [-0.2, 0) is 20.2 Å². The van der Waals surface area contributed by atoms with Crippen LogP contribution in [0.5, 0.6) is 0 Å². The zero-order chi connectivity index (χ0) is 17.8. The van der Waals surface area contributed by atoms with Gasteiger partial charge in [-0.1, -0.05) is 38.8 Å². The van der Waals surface area contributed by atoms with Gasteiger partial charge in [0.05, 0.1) is 11.5 Å². The van der Waals surface area contributed by atoms with E-state index >= 15 is 0 Å². The van der Waals surface area contributed by atoms with Crippen LogP contribution in [-0.4, -0.2) is 39.0 Å². The average Bonchev–Trinajstić information content (AvgIpc) is 2.55.